The van der Waals surface area contributed by atoms with Crippen LogP contribution in [-0.4, -0.2) is 26.0 Å². The lowest BCUT2D eigenvalue weighted by molar-refractivity contribution is -0.117. The fourth-order valence-electron chi connectivity index (χ4n) is 3.47. The van der Waals surface area contributed by atoms with E-state index in [9.17, 15) is 9.59 Å². The molecular weight excluding hydrogens is 354 g/mol. The predicted molar refractivity (Wildman–Crippen MR) is 109 cm³/mol. The van der Waals surface area contributed by atoms with Crippen molar-refractivity contribution in [2.75, 3.05) is 19.1 Å². The van der Waals surface area contributed by atoms with Crippen LogP contribution < -0.4 is 4.90 Å². The molecule has 140 valence electrons. The first-order valence-corrected chi connectivity index (χ1v) is 8.92. The van der Waals surface area contributed by atoms with E-state index in [0.717, 1.165) is 27.3 Å². The van der Waals surface area contributed by atoms with Gasteiger partial charge in [0.25, 0.3) is 0 Å². The van der Waals surface area contributed by atoms with Crippen LogP contribution in [0.25, 0.3) is 21.7 Å². The number of benzene rings is 3. The average Bonchev–Trinajstić information content (AvgIpc) is 3.15. The van der Waals surface area contributed by atoms with E-state index in [-0.39, 0.29) is 12.3 Å². The normalized spacial score (nSPS) is 10.9. The Morgan fingerprint density at radius 1 is 1.00 bits per heavy atom. The second-order valence-corrected chi connectivity index (χ2v) is 6.56. The SMILES string of the molecule is COC(=O)c1ccccc1N(C)C(=O)Cc1coc2ccc3ccccc3c12. The van der Waals surface area contributed by atoms with E-state index in [1.165, 1.54) is 12.0 Å². The standard InChI is InChI=1S/C23H19NO4/c1-24(19-10-6-5-9-18(19)23(26)27-2)21(25)13-16-14-28-20-12-11-15-7-3-4-8-17(15)22(16)20/h3-12,14H,13H2,1-2H3. The monoisotopic (exact) mass is 373 g/mol. The van der Waals surface area contributed by atoms with Gasteiger partial charge in [-0.3, -0.25) is 4.79 Å². The van der Waals surface area contributed by atoms with Gasteiger partial charge < -0.3 is 14.1 Å². The zero-order valence-electron chi connectivity index (χ0n) is 15.6. The summed E-state index contributed by atoms with van der Waals surface area (Å²) in [6.07, 6.45) is 1.79. The minimum absolute atomic E-state index is 0.146. The van der Waals surface area contributed by atoms with Gasteiger partial charge in [0.1, 0.15) is 5.58 Å². The van der Waals surface area contributed by atoms with Crippen LogP contribution in [0.2, 0.25) is 0 Å². The van der Waals surface area contributed by atoms with E-state index in [1.54, 1.807) is 37.6 Å². The number of nitrogens with zero attached hydrogens (tertiary/aromatic N) is 1. The largest absolute Gasteiger partial charge is 0.465 e. The number of furan rings is 1. The number of esters is 1. The van der Waals surface area contributed by atoms with Crippen molar-refractivity contribution < 1.29 is 18.7 Å². The highest BCUT2D eigenvalue weighted by Gasteiger charge is 2.21. The number of carbonyl (C=O) groups excluding carboxylic acids is 2. The lowest BCUT2D eigenvalue weighted by Crippen LogP contribution is -2.29. The van der Waals surface area contributed by atoms with Crippen molar-refractivity contribution >= 4 is 39.3 Å². The number of methoxy groups -OCH3 is 1. The molecule has 0 fully saturated rings. The van der Waals surface area contributed by atoms with Crippen LogP contribution in [0.15, 0.2) is 71.3 Å². The van der Waals surface area contributed by atoms with Gasteiger partial charge in [-0.05, 0) is 29.0 Å². The smallest absolute Gasteiger partial charge is 0.339 e. The van der Waals surface area contributed by atoms with Crippen molar-refractivity contribution in [2.24, 2.45) is 0 Å². The predicted octanol–water partition coefficient (Wildman–Crippen LogP) is 4.58. The maximum Gasteiger partial charge on any atom is 0.339 e. The molecule has 1 amide bonds. The fraction of sp³-hybridized carbons (Fsp3) is 0.130. The molecule has 4 rings (SSSR count). The Morgan fingerprint density at radius 2 is 1.75 bits per heavy atom. The third-order valence-electron chi connectivity index (χ3n) is 4.93. The first-order chi connectivity index (χ1) is 13.6. The van der Waals surface area contributed by atoms with Gasteiger partial charge in [-0.15, -0.1) is 0 Å². The van der Waals surface area contributed by atoms with Crippen molar-refractivity contribution in [3.63, 3.8) is 0 Å². The number of fused-ring (bicyclic) bond motifs is 3. The number of likely N-dealkylation sites (N-methyl/N-ethyl adjacent to an activating group) is 1. The highest BCUT2D eigenvalue weighted by atomic mass is 16.5. The van der Waals surface area contributed by atoms with E-state index >= 15 is 0 Å². The maximum atomic E-state index is 13.0. The molecule has 0 aliphatic heterocycles. The first kappa shape index (κ1) is 17.8. The summed E-state index contributed by atoms with van der Waals surface area (Å²) in [5, 5.41) is 3.09. The molecule has 5 heteroatoms. The van der Waals surface area contributed by atoms with E-state index < -0.39 is 5.97 Å². The van der Waals surface area contributed by atoms with Gasteiger partial charge in [0.2, 0.25) is 5.91 Å². The number of anilines is 1. The number of rotatable bonds is 4. The average molecular weight is 373 g/mol. The number of hydrogen-bond donors (Lipinski definition) is 0. The van der Waals surface area contributed by atoms with Crippen molar-refractivity contribution in [1.82, 2.24) is 0 Å². The molecule has 0 spiro atoms. The number of carbonyl (C=O) groups is 2. The van der Waals surface area contributed by atoms with E-state index in [2.05, 4.69) is 0 Å². The maximum absolute atomic E-state index is 13.0. The van der Waals surface area contributed by atoms with Crippen LogP contribution in [0.5, 0.6) is 0 Å². The molecular formula is C23H19NO4. The Kier molecular flexibility index (Phi) is 4.57. The summed E-state index contributed by atoms with van der Waals surface area (Å²) in [6, 6.07) is 18.8. The summed E-state index contributed by atoms with van der Waals surface area (Å²) >= 11 is 0. The molecule has 0 radical (unpaired) electrons. The van der Waals surface area contributed by atoms with E-state index in [1.807, 2.05) is 36.4 Å². The summed E-state index contributed by atoms with van der Waals surface area (Å²) in [4.78, 5) is 26.5. The van der Waals surface area contributed by atoms with Crippen LogP contribution in [0.4, 0.5) is 5.69 Å². The van der Waals surface area contributed by atoms with Gasteiger partial charge in [0.15, 0.2) is 0 Å². The third-order valence-corrected chi connectivity index (χ3v) is 4.93. The molecule has 1 aromatic heterocycles. The Balaban J connectivity index is 1.70. The molecule has 0 bridgehead atoms. The van der Waals surface area contributed by atoms with E-state index in [0.29, 0.717) is 11.3 Å². The summed E-state index contributed by atoms with van der Waals surface area (Å²) in [5.74, 6) is -0.623. The van der Waals surface area contributed by atoms with Gasteiger partial charge in [-0.2, -0.15) is 0 Å². The zero-order chi connectivity index (χ0) is 19.7. The second-order valence-electron chi connectivity index (χ2n) is 6.56. The molecule has 0 saturated carbocycles. The lowest BCUT2D eigenvalue weighted by Gasteiger charge is -2.19. The molecule has 4 aromatic rings. The van der Waals surface area contributed by atoms with Gasteiger partial charge in [-0.25, -0.2) is 4.79 Å². The Hall–Kier alpha value is -3.60. The summed E-state index contributed by atoms with van der Waals surface area (Å²) < 4.78 is 10.5. The quantitative estimate of drug-likeness (QED) is 0.491. The number of ether oxygens (including phenoxy) is 1. The summed E-state index contributed by atoms with van der Waals surface area (Å²) in [6.45, 7) is 0. The third kappa shape index (κ3) is 3.01. The summed E-state index contributed by atoms with van der Waals surface area (Å²) in [7, 11) is 2.98. The molecule has 0 N–H and O–H groups in total. The van der Waals surface area contributed by atoms with Crippen LogP contribution >= 0.6 is 0 Å². The molecule has 0 unspecified atom stereocenters. The fourth-order valence-corrected chi connectivity index (χ4v) is 3.47. The van der Waals surface area contributed by atoms with Crippen LogP contribution in [0.3, 0.4) is 0 Å². The molecule has 0 aliphatic rings. The molecule has 0 aliphatic carbocycles. The van der Waals surface area contributed by atoms with Gasteiger partial charge in [0.05, 0.1) is 31.0 Å². The van der Waals surface area contributed by atoms with Crippen molar-refractivity contribution in [3.8, 4) is 0 Å². The molecule has 0 atom stereocenters. The highest BCUT2D eigenvalue weighted by molar-refractivity contribution is 6.09. The highest BCUT2D eigenvalue weighted by Crippen LogP contribution is 2.31. The Morgan fingerprint density at radius 3 is 2.57 bits per heavy atom. The molecule has 0 saturated heterocycles. The van der Waals surface area contributed by atoms with E-state index in [4.69, 9.17) is 9.15 Å². The van der Waals surface area contributed by atoms with Gasteiger partial charge in [0, 0.05) is 18.0 Å². The zero-order valence-corrected chi connectivity index (χ0v) is 15.6. The van der Waals surface area contributed by atoms with Crippen LogP contribution in [0.1, 0.15) is 15.9 Å². The van der Waals surface area contributed by atoms with Crippen LogP contribution in [0, 0.1) is 0 Å². The lowest BCUT2D eigenvalue weighted by atomic mass is 10.0. The summed E-state index contributed by atoms with van der Waals surface area (Å²) in [5.41, 5.74) is 2.43. The minimum Gasteiger partial charge on any atom is -0.465 e. The molecule has 3 aromatic carbocycles. The molecule has 5 nitrogen and oxygen atoms in total. The minimum atomic E-state index is -0.477. The molecule has 28 heavy (non-hydrogen) atoms. The van der Waals surface area contributed by atoms with Gasteiger partial charge >= 0.3 is 5.97 Å². The van der Waals surface area contributed by atoms with Gasteiger partial charge in [-0.1, -0.05) is 42.5 Å². The number of para-hydroxylation sites is 1. The van der Waals surface area contributed by atoms with Crippen molar-refractivity contribution in [3.05, 3.63) is 78.1 Å². The topological polar surface area (TPSA) is 59.8 Å². The first-order valence-electron chi connectivity index (χ1n) is 8.92. The Bertz CT molecular complexity index is 1190. The van der Waals surface area contributed by atoms with Crippen molar-refractivity contribution in [1.29, 1.82) is 0 Å². The molecule has 1 heterocycles. The number of amides is 1. The van der Waals surface area contributed by atoms with Crippen molar-refractivity contribution in [2.45, 2.75) is 6.42 Å². The second kappa shape index (κ2) is 7.19. The number of hydrogen-bond acceptors (Lipinski definition) is 4. The van der Waals surface area contributed by atoms with Crippen LogP contribution in [-0.2, 0) is 16.0 Å². The Labute approximate surface area is 162 Å².